The molecule has 8 heteroatoms. The van der Waals surface area contributed by atoms with E-state index in [0.29, 0.717) is 22.7 Å². The Bertz CT molecular complexity index is 1580. The second kappa shape index (κ2) is 7.66. The molecule has 1 aromatic carbocycles. The van der Waals surface area contributed by atoms with E-state index in [9.17, 15) is 9.59 Å². The number of aromatic nitrogens is 3. The normalized spacial score (nSPS) is 11.2. The van der Waals surface area contributed by atoms with Crippen molar-refractivity contribution in [2.75, 3.05) is 0 Å². The number of furan rings is 1. The molecule has 0 aliphatic rings. The molecule has 0 aliphatic carbocycles. The highest BCUT2D eigenvalue weighted by atomic mass is 16.3. The third-order valence-electron chi connectivity index (χ3n) is 5.27. The minimum atomic E-state index is -0.480. The number of nitrogens with one attached hydrogen (secondary N) is 2. The lowest BCUT2D eigenvalue weighted by Gasteiger charge is -2.15. The van der Waals surface area contributed by atoms with E-state index in [0.717, 1.165) is 5.56 Å². The van der Waals surface area contributed by atoms with Gasteiger partial charge in [-0.2, -0.15) is 0 Å². The molecule has 0 atom stereocenters. The zero-order valence-corrected chi connectivity index (χ0v) is 17.2. The fraction of sp³-hybridized carbons (Fsp3) is 0.0833. The molecular weight excluding hydrogens is 406 g/mol. The van der Waals surface area contributed by atoms with Crippen LogP contribution in [0.3, 0.4) is 0 Å². The minimum absolute atomic E-state index is 0.0644. The van der Waals surface area contributed by atoms with Crippen molar-refractivity contribution in [2.24, 2.45) is 0 Å². The first-order valence-electron chi connectivity index (χ1n) is 10.0. The summed E-state index contributed by atoms with van der Waals surface area (Å²) >= 11 is 0. The van der Waals surface area contributed by atoms with Crippen LogP contribution in [0.2, 0.25) is 0 Å². The summed E-state index contributed by atoms with van der Waals surface area (Å²) in [5, 5.41) is 11.8. The molecular formula is C24H19N5O3. The summed E-state index contributed by atoms with van der Waals surface area (Å²) in [5.74, 6) is 0.108. The molecule has 5 rings (SSSR count). The predicted octanol–water partition coefficient (Wildman–Crippen LogP) is 2.95. The smallest absolute Gasteiger partial charge is 0.267 e. The summed E-state index contributed by atoms with van der Waals surface area (Å²) in [7, 11) is 0. The molecule has 158 valence electrons. The quantitative estimate of drug-likeness (QED) is 0.432. The van der Waals surface area contributed by atoms with Crippen molar-refractivity contribution in [1.29, 1.82) is 5.41 Å². The monoisotopic (exact) mass is 425 g/mol. The number of nitrogens with zero attached hydrogens (tertiary/aromatic N) is 3. The third kappa shape index (κ3) is 3.27. The molecule has 1 amide bonds. The van der Waals surface area contributed by atoms with E-state index in [1.165, 1.54) is 21.3 Å². The van der Waals surface area contributed by atoms with E-state index in [-0.39, 0.29) is 28.5 Å². The van der Waals surface area contributed by atoms with Crippen molar-refractivity contribution >= 4 is 22.6 Å². The van der Waals surface area contributed by atoms with Crippen LogP contribution in [0.25, 0.3) is 22.4 Å². The van der Waals surface area contributed by atoms with E-state index >= 15 is 0 Å². The number of fused-ring (bicyclic) bond motifs is 2. The van der Waals surface area contributed by atoms with Gasteiger partial charge in [-0.15, -0.1) is 0 Å². The van der Waals surface area contributed by atoms with Crippen molar-refractivity contribution in [3.63, 3.8) is 0 Å². The fourth-order valence-corrected chi connectivity index (χ4v) is 3.62. The Hall–Kier alpha value is -4.46. The van der Waals surface area contributed by atoms with Gasteiger partial charge >= 0.3 is 0 Å². The average molecular weight is 425 g/mol. The maximum Gasteiger partial charge on any atom is 0.267 e. The van der Waals surface area contributed by atoms with Crippen molar-refractivity contribution in [3.8, 4) is 5.69 Å². The van der Waals surface area contributed by atoms with Crippen molar-refractivity contribution in [3.05, 3.63) is 106 Å². The highest BCUT2D eigenvalue weighted by molar-refractivity contribution is 5.97. The molecule has 0 radical (unpaired) electrons. The van der Waals surface area contributed by atoms with Gasteiger partial charge in [0.25, 0.3) is 11.5 Å². The highest BCUT2D eigenvalue weighted by Crippen LogP contribution is 2.16. The number of hydrogen-bond donors (Lipinski definition) is 2. The summed E-state index contributed by atoms with van der Waals surface area (Å²) in [6.07, 6.45) is 3.15. The Labute approximate surface area is 181 Å². The van der Waals surface area contributed by atoms with Crippen molar-refractivity contribution < 1.29 is 9.21 Å². The number of benzene rings is 1. The fourth-order valence-electron chi connectivity index (χ4n) is 3.62. The molecule has 2 N–H and O–H groups in total. The lowest BCUT2D eigenvalue weighted by Crippen LogP contribution is -2.34. The Morgan fingerprint density at radius 1 is 1.12 bits per heavy atom. The Kier molecular flexibility index (Phi) is 4.67. The molecule has 5 aromatic rings. The van der Waals surface area contributed by atoms with Gasteiger partial charge in [0.15, 0.2) is 5.65 Å². The van der Waals surface area contributed by atoms with Crippen LogP contribution in [-0.4, -0.2) is 19.9 Å². The number of carbonyl (C=O) groups is 1. The summed E-state index contributed by atoms with van der Waals surface area (Å²) < 4.78 is 8.22. The molecule has 0 spiro atoms. The number of rotatable bonds is 4. The number of pyridine rings is 2. The molecule has 0 fully saturated rings. The lowest BCUT2D eigenvalue weighted by atomic mass is 10.1. The zero-order valence-electron chi connectivity index (χ0n) is 17.2. The van der Waals surface area contributed by atoms with Gasteiger partial charge in [0.05, 0.1) is 23.8 Å². The molecule has 4 heterocycles. The molecule has 0 saturated carbocycles. The second-order valence-corrected chi connectivity index (χ2v) is 7.42. The summed E-state index contributed by atoms with van der Waals surface area (Å²) in [4.78, 5) is 30.9. The summed E-state index contributed by atoms with van der Waals surface area (Å²) in [5.41, 5.74) is 2.16. The van der Waals surface area contributed by atoms with E-state index in [1.807, 2.05) is 31.2 Å². The van der Waals surface area contributed by atoms with Crippen LogP contribution in [0.1, 0.15) is 21.7 Å². The summed E-state index contributed by atoms with van der Waals surface area (Å²) in [6.45, 7) is 2.13. The zero-order chi connectivity index (χ0) is 22.2. The number of amides is 1. The molecule has 0 aliphatic heterocycles. The standard InChI is InChI=1S/C24H19N5O3/c1-15-7-9-16(10-8-15)29-21(25)18(23(30)26-14-17-5-4-12-32-17)13-19-22(29)27-20-6-2-3-11-28(20)24(19)31/h2-13,25H,14H2,1H3,(H,26,30). The Morgan fingerprint density at radius 2 is 1.94 bits per heavy atom. The average Bonchev–Trinajstić information content (AvgIpc) is 3.32. The lowest BCUT2D eigenvalue weighted by molar-refractivity contribution is 0.0946. The van der Waals surface area contributed by atoms with Gasteiger partial charge in [0.2, 0.25) is 0 Å². The van der Waals surface area contributed by atoms with Gasteiger partial charge in [-0.05, 0) is 49.4 Å². The van der Waals surface area contributed by atoms with Crippen molar-refractivity contribution in [2.45, 2.75) is 13.5 Å². The van der Waals surface area contributed by atoms with Crippen LogP contribution in [0.15, 0.2) is 82.3 Å². The molecule has 4 aromatic heterocycles. The third-order valence-corrected chi connectivity index (χ3v) is 5.27. The first-order chi connectivity index (χ1) is 15.5. The molecule has 32 heavy (non-hydrogen) atoms. The van der Waals surface area contributed by atoms with E-state index in [2.05, 4.69) is 10.3 Å². The van der Waals surface area contributed by atoms with Crippen LogP contribution in [-0.2, 0) is 6.54 Å². The van der Waals surface area contributed by atoms with Gasteiger partial charge in [-0.25, -0.2) is 4.98 Å². The van der Waals surface area contributed by atoms with E-state index < -0.39 is 5.91 Å². The second-order valence-electron chi connectivity index (χ2n) is 7.42. The van der Waals surface area contributed by atoms with Crippen LogP contribution in [0.4, 0.5) is 0 Å². The largest absolute Gasteiger partial charge is 0.467 e. The summed E-state index contributed by atoms with van der Waals surface area (Å²) in [6, 6.07) is 17.7. The van der Waals surface area contributed by atoms with Gasteiger partial charge in [0.1, 0.15) is 16.9 Å². The highest BCUT2D eigenvalue weighted by Gasteiger charge is 2.18. The minimum Gasteiger partial charge on any atom is -0.467 e. The number of carbonyl (C=O) groups excluding carboxylic acids is 1. The molecule has 0 unspecified atom stereocenters. The van der Waals surface area contributed by atoms with Gasteiger partial charge in [-0.3, -0.25) is 24.0 Å². The van der Waals surface area contributed by atoms with E-state index in [1.54, 1.807) is 36.5 Å². The van der Waals surface area contributed by atoms with Gasteiger partial charge in [0, 0.05) is 11.9 Å². The van der Waals surface area contributed by atoms with Gasteiger partial charge in [-0.1, -0.05) is 23.8 Å². The van der Waals surface area contributed by atoms with Crippen LogP contribution in [0.5, 0.6) is 0 Å². The van der Waals surface area contributed by atoms with Crippen LogP contribution < -0.4 is 16.4 Å². The molecule has 0 saturated heterocycles. The maximum absolute atomic E-state index is 13.3. The van der Waals surface area contributed by atoms with Gasteiger partial charge < -0.3 is 9.73 Å². The molecule has 0 bridgehead atoms. The van der Waals surface area contributed by atoms with E-state index in [4.69, 9.17) is 9.83 Å². The topological polar surface area (TPSA) is 105 Å². The van der Waals surface area contributed by atoms with Crippen LogP contribution >= 0.6 is 0 Å². The Balaban J connectivity index is 1.77. The van der Waals surface area contributed by atoms with Crippen LogP contribution in [0, 0.1) is 12.3 Å². The maximum atomic E-state index is 13.3. The first kappa shape index (κ1) is 19.5. The first-order valence-corrected chi connectivity index (χ1v) is 10.0. The number of hydrogen-bond acceptors (Lipinski definition) is 5. The number of aryl methyl sites for hydroxylation is 1. The van der Waals surface area contributed by atoms with Crippen molar-refractivity contribution in [1.82, 2.24) is 19.3 Å². The Morgan fingerprint density at radius 3 is 2.69 bits per heavy atom. The molecule has 8 nitrogen and oxygen atoms in total. The SMILES string of the molecule is Cc1ccc(-n2c(=N)c(C(=O)NCc3ccco3)cc3c(=O)n4ccccc4nc32)cc1. The predicted molar refractivity (Wildman–Crippen MR) is 119 cm³/mol.